The highest BCUT2D eigenvalue weighted by Crippen LogP contribution is 2.27. The number of hydrogen-bond acceptors (Lipinski definition) is 2. The molecule has 6 heteroatoms. The smallest absolute Gasteiger partial charge is 0.243 e. The van der Waals surface area contributed by atoms with E-state index in [2.05, 4.69) is 5.32 Å². The van der Waals surface area contributed by atoms with Crippen LogP contribution in [0.15, 0.2) is 66.7 Å². The third-order valence-electron chi connectivity index (χ3n) is 6.14. The molecule has 0 fully saturated rings. The van der Waals surface area contributed by atoms with E-state index in [1.807, 2.05) is 69.3 Å². The van der Waals surface area contributed by atoms with E-state index in [1.165, 1.54) is 5.56 Å². The van der Waals surface area contributed by atoms with E-state index in [0.29, 0.717) is 28.6 Å². The topological polar surface area (TPSA) is 49.4 Å². The number of carbonyl (C=O) groups is 2. The Morgan fingerprint density at radius 3 is 2.20 bits per heavy atom. The van der Waals surface area contributed by atoms with Crippen molar-refractivity contribution in [3.8, 4) is 0 Å². The third-order valence-corrected chi connectivity index (χ3v) is 6.85. The summed E-state index contributed by atoms with van der Waals surface area (Å²) in [6, 6.07) is 20.3. The highest BCUT2D eigenvalue weighted by atomic mass is 35.5. The van der Waals surface area contributed by atoms with E-state index >= 15 is 0 Å². The van der Waals surface area contributed by atoms with Crippen molar-refractivity contribution in [2.75, 3.05) is 6.54 Å². The van der Waals surface area contributed by atoms with E-state index in [-0.39, 0.29) is 24.8 Å². The average molecular weight is 511 g/mol. The Morgan fingerprint density at radius 1 is 0.886 bits per heavy atom. The number of halogens is 2. The number of nitrogens with one attached hydrogen (secondary N) is 1. The van der Waals surface area contributed by atoms with Crippen LogP contribution < -0.4 is 5.32 Å². The molecule has 3 aromatic rings. The lowest BCUT2D eigenvalue weighted by Gasteiger charge is -2.32. The zero-order valence-corrected chi connectivity index (χ0v) is 22.0. The summed E-state index contributed by atoms with van der Waals surface area (Å²) in [5, 5.41) is 3.92. The second-order valence-corrected chi connectivity index (χ2v) is 9.63. The Morgan fingerprint density at radius 2 is 1.57 bits per heavy atom. The summed E-state index contributed by atoms with van der Waals surface area (Å²) in [5.74, 6) is -0.343. The molecule has 0 bridgehead atoms. The van der Waals surface area contributed by atoms with Gasteiger partial charge in [-0.2, -0.15) is 0 Å². The van der Waals surface area contributed by atoms with Crippen molar-refractivity contribution < 1.29 is 9.59 Å². The van der Waals surface area contributed by atoms with Crippen LogP contribution in [0.25, 0.3) is 0 Å². The van der Waals surface area contributed by atoms with Gasteiger partial charge < -0.3 is 10.2 Å². The fourth-order valence-corrected chi connectivity index (χ4v) is 4.48. The fourth-order valence-electron chi connectivity index (χ4n) is 3.96. The predicted octanol–water partition coefficient (Wildman–Crippen LogP) is 6.32. The largest absolute Gasteiger partial charge is 0.354 e. The van der Waals surface area contributed by atoms with Crippen LogP contribution in [0.4, 0.5) is 0 Å². The summed E-state index contributed by atoms with van der Waals surface area (Å²) in [5.41, 5.74) is 4.80. The summed E-state index contributed by atoms with van der Waals surface area (Å²) in [4.78, 5) is 28.8. The predicted molar refractivity (Wildman–Crippen MR) is 144 cm³/mol. The van der Waals surface area contributed by atoms with Crippen molar-refractivity contribution >= 4 is 35.0 Å². The number of carbonyl (C=O) groups excluding carboxylic acids is 2. The Kier molecular flexibility index (Phi) is 9.76. The van der Waals surface area contributed by atoms with Gasteiger partial charge in [0.25, 0.3) is 0 Å². The zero-order chi connectivity index (χ0) is 25.4. The molecule has 0 aliphatic heterocycles. The number of nitrogens with zero attached hydrogens (tertiary/aromatic N) is 1. The second kappa shape index (κ2) is 12.8. The lowest BCUT2D eigenvalue weighted by atomic mass is 10.00. The first-order valence-electron chi connectivity index (χ1n) is 11.9. The van der Waals surface area contributed by atoms with Gasteiger partial charge in [0.1, 0.15) is 6.04 Å². The molecule has 0 saturated carbocycles. The maximum absolute atomic E-state index is 13.8. The minimum atomic E-state index is -0.713. The van der Waals surface area contributed by atoms with Crippen LogP contribution in [0.3, 0.4) is 0 Å². The maximum Gasteiger partial charge on any atom is 0.243 e. The molecule has 4 nitrogen and oxygen atoms in total. The van der Waals surface area contributed by atoms with Crippen LogP contribution in [0.5, 0.6) is 0 Å². The van der Waals surface area contributed by atoms with Crippen molar-refractivity contribution in [2.24, 2.45) is 0 Å². The molecule has 0 aliphatic rings. The molecule has 184 valence electrons. The Bertz CT molecular complexity index is 1140. The second-order valence-electron chi connectivity index (χ2n) is 8.81. The van der Waals surface area contributed by atoms with Gasteiger partial charge in [0.15, 0.2) is 0 Å². The molecular formula is C29H32Cl2N2O2. The van der Waals surface area contributed by atoms with Gasteiger partial charge in [-0.05, 0) is 54.7 Å². The zero-order valence-electron chi connectivity index (χ0n) is 20.5. The quantitative estimate of drug-likeness (QED) is 0.346. The fraction of sp³-hybridized carbons (Fsp3) is 0.310. The molecule has 0 saturated heterocycles. The third kappa shape index (κ3) is 7.33. The Labute approximate surface area is 218 Å². The Hall–Kier alpha value is -2.82. The molecule has 3 aromatic carbocycles. The molecular weight excluding hydrogens is 479 g/mol. The van der Waals surface area contributed by atoms with Gasteiger partial charge in [-0.25, -0.2) is 0 Å². The molecule has 2 amide bonds. The van der Waals surface area contributed by atoms with Crippen LogP contribution >= 0.6 is 23.2 Å². The number of benzene rings is 3. The SMILES string of the molecule is CCCNC(=O)[C@H](Cc1ccccc1)N(Cc1c(Cl)cccc1Cl)C(=O)Cc1ccc(C)c(C)c1. The van der Waals surface area contributed by atoms with Gasteiger partial charge in [0.2, 0.25) is 11.8 Å². The van der Waals surface area contributed by atoms with Gasteiger partial charge in [0.05, 0.1) is 6.42 Å². The summed E-state index contributed by atoms with van der Waals surface area (Å²) >= 11 is 13.0. The van der Waals surface area contributed by atoms with Crippen molar-refractivity contribution in [2.45, 2.75) is 52.6 Å². The van der Waals surface area contributed by atoms with Gasteiger partial charge >= 0.3 is 0 Å². The molecule has 35 heavy (non-hydrogen) atoms. The van der Waals surface area contributed by atoms with Gasteiger partial charge in [-0.1, -0.05) is 84.7 Å². The first kappa shape index (κ1) is 26.8. The summed E-state index contributed by atoms with van der Waals surface area (Å²) in [6.45, 7) is 6.75. The van der Waals surface area contributed by atoms with Crippen LogP contribution in [0.1, 0.15) is 41.2 Å². The van der Waals surface area contributed by atoms with E-state index in [1.54, 1.807) is 23.1 Å². The van der Waals surface area contributed by atoms with Crippen LogP contribution in [-0.4, -0.2) is 29.3 Å². The van der Waals surface area contributed by atoms with Gasteiger partial charge in [0, 0.05) is 35.1 Å². The number of aryl methyl sites for hydroxylation is 2. The van der Waals surface area contributed by atoms with Crippen molar-refractivity contribution in [3.05, 3.63) is 105 Å². The first-order chi connectivity index (χ1) is 16.8. The number of rotatable bonds is 10. The summed E-state index contributed by atoms with van der Waals surface area (Å²) in [6.07, 6.45) is 1.36. The highest BCUT2D eigenvalue weighted by Gasteiger charge is 2.31. The van der Waals surface area contributed by atoms with Crippen LogP contribution in [0.2, 0.25) is 10.0 Å². The lowest BCUT2D eigenvalue weighted by Crippen LogP contribution is -2.51. The van der Waals surface area contributed by atoms with E-state index in [9.17, 15) is 9.59 Å². The van der Waals surface area contributed by atoms with E-state index in [0.717, 1.165) is 23.1 Å². The van der Waals surface area contributed by atoms with Crippen molar-refractivity contribution in [1.82, 2.24) is 10.2 Å². The molecule has 0 spiro atoms. The molecule has 0 aromatic heterocycles. The molecule has 3 rings (SSSR count). The molecule has 0 radical (unpaired) electrons. The van der Waals surface area contributed by atoms with Gasteiger partial charge in [-0.3, -0.25) is 9.59 Å². The number of hydrogen-bond donors (Lipinski definition) is 1. The molecule has 0 heterocycles. The maximum atomic E-state index is 13.8. The van der Waals surface area contributed by atoms with Crippen LogP contribution in [0, 0.1) is 13.8 Å². The minimum Gasteiger partial charge on any atom is -0.354 e. The molecule has 0 aliphatic carbocycles. The first-order valence-corrected chi connectivity index (χ1v) is 12.7. The van der Waals surface area contributed by atoms with Gasteiger partial charge in [-0.15, -0.1) is 0 Å². The standard InChI is InChI=1S/C29H32Cl2N2O2/c1-4-15-32-29(35)27(17-22-9-6-5-7-10-22)33(19-24-25(30)11-8-12-26(24)31)28(34)18-23-14-13-20(2)21(3)16-23/h5-14,16,27H,4,15,17-19H2,1-3H3,(H,32,35)/t27-/m0/s1. The molecule has 0 unspecified atom stereocenters. The summed E-state index contributed by atoms with van der Waals surface area (Å²) in [7, 11) is 0. The molecule has 1 N–H and O–H groups in total. The average Bonchev–Trinajstić information content (AvgIpc) is 2.84. The van der Waals surface area contributed by atoms with E-state index in [4.69, 9.17) is 23.2 Å². The van der Waals surface area contributed by atoms with Crippen molar-refractivity contribution in [3.63, 3.8) is 0 Å². The highest BCUT2D eigenvalue weighted by molar-refractivity contribution is 6.36. The monoisotopic (exact) mass is 510 g/mol. The minimum absolute atomic E-state index is 0.138. The molecule has 1 atom stereocenters. The van der Waals surface area contributed by atoms with Crippen LogP contribution in [-0.2, 0) is 29.0 Å². The Balaban J connectivity index is 2.01. The van der Waals surface area contributed by atoms with E-state index < -0.39 is 6.04 Å². The van der Waals surface area contributed by atoms with Crippen molar-refractivity contribution in [1.29, 1.82) is 0 Å². The lowest BCUT2D eigenvalue weighted by molar-refractivity contribution is -0.140. The summed E-state index contributed by atoms with van der Waals surface area (Å²) < 4.78 is 0. The number of amides is 2. The normalized spacial score (nSPS) is 11.7.